The molecule has 150 valence electrons. The maximum absolute atomic E-state index is 10.1. The van der Waals surface area contributed by atoms with Crippen molar-refractivity contribution in [2.75, 3.05) is 18.2 Å². The Morgan fingerprint density at radius 2 is 2.07 bits per heavy atom. The number of aromatic nitrogens is 3. The van der Waals surface area contributed by atoms with Crippen LogP contribution in [0.15, 0.2) is 44.4 Å². The summed E-state index contributed by atoms with van der Waals surface area (Å²) in [7, 11) is 1.50. The van der Waals surface area contributed by atoms with Gasteiger partial charge >= 0.3 is 0 Å². The predicted molar refractivity (Wildman–Crippen MR) is 119 cm³/mol. The van der Waals surface area contributed by atoms with E-state index in [9.17, 15) is 5.11 Å². The fourth-order valence-electron chi connectivity index (χ4n) is 2.91. The van der Waals surface area contributed by atoms with Gasteiger partial charge < -0.3 is 19.9 Å². The number of phenols is 1. The van der Waals surface area contributed by atoms with Gasteiger partial charge in [-0.25, -0.2) is 0 Å². The number of ether oxygens (including phenoxy) is 2. The first-order valence-corrected chi connectivity index (χ1v) is 11.2. The lowest BCUT2D eigenvalue weighted by molar-refractivity contribution is 0.224. The number of methoxy groups -OCH3 is 1. The van der Waals surface area contributed by atoms with Gasteiger partial charge in [0.25, 0.3) is 0 Å². The first kappa shape index (κ1) is 20.2. The van der Waals surface area contributed by atoms with E-state index in [1.807, 2.05) is 25.1 Å². The largest absolute Gasteiger partial charge is 0.503 e. The molecule has 1 aromatic heterocycles. The van der Waals surface area contributed by atoms with Crippen molar-refractivity contribution in [3.05, 3.63) is 44.8 Å². The van der Waals surface area contributed by atoms with Crippen LogP contribution in [0.5, 0.6) is 17.4 Å². The fourth-order valence-corrected chi connectivity index (χ4v) is 4.24. The zero-order valence-electron chi connectivity index (χ0n) is 15.4. The molecule has 1 atom stereocenters. The van der Waals surface area contributed by atoms with Crippen molar-refractivity contribution in [2.24, 2.45) is 0 Å². The van der Waals surface area contributed by atoms with E-state index in [2.05, 4.69) is 52.4 Å². The SMILES string of the molecule is CCSc1nnc2c(n1)O[C@H](c1cc(Br)c(O)c(OC)c1)Nc1ccc(Br)cc1-2. The average Bonchev–Trinajstić information content (AvgIpc) is 2.86. The van der Waals surface area contributed by atoms with E-state index in [-0.39, 0.29) is 5.75 Å². The van der Waals surface area contributed by atoms with Crippen molar-refractivity contribution < 1.29 is 14.6 Å². The third kappa shape index (κ3) is 4.01. The summed E-state index contributed by atoms with van der Waals surface area (Å²) in [4.78, 5) is 4.57. The lowest BCUT2D eigenvalue weighted by Gasteiger charge is -2.20. The highest BCUT2D eigenvalue weighted by Gasteiger charge is 2.27. The standard InChI is InChI=1S/C19H16Br2N4O3S/c1-3-29-19-23-18-15(24-25-19)11-8-10(20)4-5-13(11)22-17(28-18)9-6-12(21)16(26)14(7-9)27-2/h4-8,17,22,26H,3H2,1-2H3/t17-/m1/s1. The Kier molecular flexibility index (Phi) is 5.84. The number of aromatic hydroxyl groups is 1. The Hall–Kier alpha value is -2.04. The third-order valence-corrected chi connectivity index (χ3v) is 6.05. The molecule has 1 aliphatic heterocycles. The van der Waals surface area contributed by atoms with Gasteiger partial charge in [0.1, 0.15) is 0 Å². The molecule has 10 heteroatoms. The molecule has 0 saturated heterocycles. The number of thioether (sulfide) groups is 1. The Morgan fingerprint density at radius 1 is 1.24 bits per heavy atom. The van der Waals surface area contributed by atoms with Gasteiger partial charge in [0.2, 0.25) is 11.0 Å². The molecule has 0 amide bonds. The smallest absolute Gasteiger partial charge is 0.247 e. The number of nitrogens with one attached hydrogen (secondary N) is 1. The van der Waals surface area contributed by atoms with Crippen molar-refractivity contribution >= 4 is 49.3 Å². The summed E-state index contributed by atoms with van der Waals surface area (Å²) in [5.41, 5.74) is 2.96. The van der Waals surface area contributed by atoms with Crippen molar-refractivity contribution in [2.45, 2.75) is 18.3 Å². The number of anilines is 1. The van der Waals surface area contributed by atoms with Crippen LogP contribution >= 0.6 is 43.6 Å². The molecule has 7 nitrogen and oxygen atoms in total. The molecule has 4 rings (SSSR count). The minimum Gasteiger partial charge on any atom is -0.503 e. The van der Waals surface area contributed by atoms with Gasteiger partial charge in [-0.3, -0.25) is 0 Å². The van der Waals surface area contributed by atoms with Crippen LogP contribution in [0.4, 0.5) is 5.69 Å². The van der Waals surface area contributed by atoms with Gasteiger partial charge in [0.05, 0.1) is 11.6 Å². The normalized spacial score (nSPS) is 14.8. The van der Waals surface area contributed by atoms with Crippen LogP contribution in [0.25, 0.3) is 11.3 Å². The lowest BCUT2D eigenvalue weighted by Crippen LogP contribution is -2.17. The number of fused-ring (bicyclic) bond motifs is 3. The van der Waals surface area contributed by atoms with E-state index in [0.29, 0.717) is 27.0 Å². The minimum atomic E-state index is -0.585. The quantitative estimate of drug-likeness (QED) is 0.426. The van der Waals surface area contributed by atoms with E-state index in [1.54, 1.807) is 12.1 Å². The number of phenolic OH excluding ortho intramolecular Hbond substituents is 1. The number of nitrogens with zero attached hydrogens (tertiary/aromatic N) is 3. The highest BCUT2D eigenvalue weighted by molar-refractivity contribution is 9.10. The summed E-state index contributed by atoms with van der Waals surface area (Å²) < 4.78 is 12.9. The summed E-state index contributed by atoms with van der Waals surface area (Å²) in [6.07, 6.45) is -0.585. The van der Waals surface area contributed by atoms with Gasteiger partial charge in [0, 0.05) is 21.3 Å². The summed E-state index contributed by atoms with van der Waals surface area (Å²) in [6.45, 7) is 2.03. The maximum Gasteiger partial charge on any atom is 0.247 e. The van der Waals surface area contributed by atoms with Gasteiger partial charge in [-0.2, -0.15) is 4.98 Å². The molecule has 29 heavy (non-hydrogen) atoms. The summed E-state index contributed by atoms with van der Waals surface area (Å²) in [5.74, 6) is 1.57. The Morgan fingerprint density at radius 3 is 2.83 bits per heavy atom. The molecule has 0 spiro atoms. The number of benzene rings is 2. The van der Waals surface area contributed by atoms with Gasteiger partial charge in [0.15, 0.2) is 23.4 Å². The van der Waals surface area contributed by atoms with E-state index in [0.717, 1.165) is 27.0 Å². The van der Waals surface area contributed by atoms with E-state index < -0.39 is 6.23 Å². The highest BCUT2D eigenvalue weighted by Crippen LogP contribution is 2.43. The maximum atomic E-state index is 10.1. The molecular formula is C19H16Br2N4O3S. The van der Waals surface area contributed by atoms with Gasteiger partial charge in [-0.05, 0) is 52.0 Å². The molecule has 2 heterocycles. The molecule has 0 radical (unpaired) electrons. The molecule has 0 saturated carbocycles. The van der Waals surface area contributed by atoms with Crippen LogP contribution in [-0.2, 0) is 0 Å². The van der Waals surface area contributed by atoms with Crippen molar-refractivity contribution in [3.8, 4) is 28.6 Å². The molecule has 2 aromatic carbocycles. The topological polar surface area (TPSA) is 89.4 Å². The van der Waals surface area contributed by atoms with Crippen LogP contribution in [0, 0.1) is 0 Å². The molecule has 0 unspecified atom stereocenters. The van der Waals surface area contributed by atoms with E-state index >= 15 is 0 Å². The molecule has 0 aliphatic carbocycles. The van der Waals surface area contributed by atoms with Crippen LogP contribution in [0.3, 0.4) is 0 Å². The van der Waals surface area contributed by atoms with Crippen LogP contribution in [0.2, 0.25) is 0 Å². The third-order valence-electron chi connectivity index (χ3n) is 4.23. The summed E-state index contributed by atoms with van der Waals surface area (Å²) in [5, 5.41) is 22.7. The Bertz CT molecular complexity index is 1080. The van der Waals surface area contributed by atoms with Crippen LogP contribution in [-0.4, -0.2) is 33.2 Å². The van der Waals surface area contributed by atoms with Crippen molar-refractivity contribution in [1.82, 2.24) is 15.2 Å². The Labute approximate surface area is 188 Å². The first-order chi connectivity index (χ1) is 14.0. The van der Waals surface area contributed by atoms with Gasteiger partial charge in [-0.15, -0.1) is 10.2 Å². The Balaban J connectivity index is 1.86. The number of hydrogen-bond donors (Lipinski definition) is 2. The van der Waals surface area contributed by atoms with Crippen molar-refractivity contribution in [1.29, 1.82) is 0 Å². The molecule has 2 N–H and O–H groups in total. The zero-order valence-corrected chi connectivity index (χ0v) is 19.4. The molecular weight excluding hydrogens is 524 g/mol. The summed E-state index contributed by atoms with van der Waals surface area (Å²) in [6, 6.07) is 9.31. The monoisotopic (exact) mass is 538 g/mol. The molecule has 0 bridgehead atoms. The second kappa shape index (κ2) is 8.37. The van der Waals surface area contributed by atoms with Crippen LogP contribution in [0.1, 0.15) is 18.7 Å². The minimum absolute atomic E-state index is 0.0280. The molecule has 1 aliphatic rings. The van der Waals surface area contributed by atoms with Crippen LogP contribution < -0.4 is 14.8 Å². The number of halogens is 2. The highest BCUT2D eigenvalue weighted by atomic mass is 79.9. The predicted octanol–water partition coefficient (Wildman–Crippen LogP) is 5.39. The molecule has 3 aromatic rings. The fraction of sp³-hybridized carbons (Fsp3) is 0.211. The van der Waals surface area contributed by atoms with Gasteiger partial charge in [-0.1, -0.05) is 34.6 Å². The second-order valence-corrected chi connectivity index (χ2v) is 9.07. The first-order valence-electron chi connectivity index (χ1n) is 8.67. The zero-order chi connectivity index (χ0) is 20.5. The number of rotatable bonds is 4. The second-order valence-electron chi connectivity index (χ2n) is 6.07. The van der Waals surface area contributed by atoms with Crippen molar-refractivity contribution in [3.63, 3.8) is 0 Å². The lowest BCUT2D eigenvalue weighted by atomic mass is 10.1. The van der Waals surface area contributed by atoms with E-state index in [1.165, 1.54) is 18.9 Å². The summed E-state index contributed by atoms with van der Waals surface area (Å²) >= 11 is 8.37. The van der Waals surface area contributed by atoms with E-state index in [4.69, 9.17) is 9.47 Å². The number of hydrogen-bond acceptors (Lipinski definition) is 8. The molecule has 0 fully saturated rings. The average molecular weight is 540 g/mol.